The molecule has 0 unspecified atom stereocenters. The van der Waals surface area contributed by atoms with Gasteiger partial charge in [-0.15, -0.1) is 0 Å². The molecule has 0 aromatic heterocycles. The monoisotopic (exact) mass is 622 g/mol. The van der Waals surface area contributed by atoms with Crippen LogP contribution in [0, 0.1) is 11.8 Å². The van der Waals surface area contributed by atoms with Gasteiger partial charge in [0.05, 0.1) is 26.7 Å². The standard InChI is InChI=1S/C29H47BrN6S2/c1-23(17-37-28-31-19-35(20-32-28)15-25-9-5-3-6-10-25)27(14-13-24(2)30)18-38-29-33-21-36(22-34-29)16-26-11-7-4-8-12-26/h13-14,25-26H,1,3-12,15-22H2,2H3,(H,31,32)(H,33,34)/b24-13+,27-14-. The smallest absolute Gasteiger partial charge is 0.159 e. The van der Waals surface area contributed by atoms with Crippen LogP contribution in [0.2, 0.25) is 0 Å². The van der Waals surface area contributed by atoms with Crippen LogP contribution < -0.4 is 10.6 Å². The van der Waals surface area contributed by atoms with Crippen LogP contribution in [0.25, 0.3) is 0 Å². The lowest BCUT2D eigenvalue weighted by molar-refractivity contribution is 0.196. The van der Waals surface area contributed by atoms with Crippen molar-refractivity contribution in [2.75, 3.05) is 51.3 Å². The number of rotatable bonds is 10. The summed E-state index contributed by atoms with van der Waals surface area (Å²) < 4.78 is 1.11. The zero-order chi connectivity index (χ0) is 26.6. The molecule has 0 saturated heterocycles. The highest BCUT2D eigenvalue weighted by molar-refractivity contribution is 9.11. The van der Waals surface area contributed by atoms with E-state index in [9.17, 15) is 0 Å². The van der Waals surface area contributed by atoms with Crippen LogP contribution in [0.5, 0.6) is 0 Å². The number of thioether (sulfide) groups is 2. The Bertz CT molecular complexity index is 885. The number of hydrogen-bond donors (Lipinski definition) is 2. The zero-order valence-corrected chi connectivity index (χ0v) is 26.4. The molecule has 212 valence electrons. The normalized spacial score (nSPS) is 23.4. The first-order valence-corrected chi connectivity index (χ1v) is 17.3. The zero-order valence-electron chi connectivity index (χ0n) is 23.2. The number of halogens is 1. The van der Waals surface area contributed by atoms with Crippen molar-refractivity contribution < 1.29 is 0 Å². The molecule has 4 rings (SSSR count). The van der Waals surface area contributed by atoms with Gasteiger partial charge in [0.2, 0.25) is 0 Å². The first-order valence-electron chi connectivity index (χ1n) is 14.5. The Morgan fingerprint density at radius 1 is 0.842 bits per heavy atom. The van der Waals surface area contributed by atoms with E-state index in [1.807, 2.05) is 0 Å². The molecule has 0 bridgehead atoms. The first kappa shape index (κ1) is 30.2. The Morgan fingerprint density at radius 2 is 1.34 bits per heavy atom. The van der Waals surface area contributed by atoms with Crippen molar-refractivity contribution >= 4 is 49.8 Å². The van der Waals surface area contributed by atoms with E-state index in [-0.39, 0.29) is 0 Å². The Kier molecular flexibility index (Phi) is 13.1. The molecule has 6 nitrogen and oxygen atoms in total. The summed E-state index contributed by atoms with van der Waals surface area (Å²) in [6.45, 7) is 12.3. The van der Waals surface area contributed by atoms with E-state index in [2.05, 4.69) is 62.0 Å². The van der Waals surface area contributed by atoms with Gasteiger partial charge in [0.15, 0.2) is 10.3 Å². The lowest BCUT2D eigenvalue weighted by Gasteiger charge is -2.31. The predicted octanol–water partition coefficient (Wildman–Crippen LogP) is 6.75. The minimum atomic E-state index is 0.811. The van der Waals surface area contributed by atoms with Crippen LogP contribution in [0.3, 0.4) is 0 Å². The fourth-order valence-corrected chi connectivity index (χ4v) is 7.54. The topological polar surface area (TPSA) is 55.3 Å². The van der Waals surface area contributed by atoms with Gasteiger partial charge in [-0.2, -0.15) is 0 Å². The summed E-state index contributed by atoms with van der Waals surface area (Å²) >= 11 is 7.13. The molecule has 0 aromatic carbocycles. The maximum atomic E-state index is 4.85. The summed E-state index contributed by atoms with van der Waals surface area (Å²) in [5, 5.41) is 9.18. The van der Waals surface area contributed by atoms with E-state index in [1.165, 1.54) is 82.9 Å². The summed E-state index contributed by atoms with van der Waals surface area (Å²) in [7, 11) is 0. The van der Waals surface area contributed by atoms with E-state index < -0.39 is 0 Å². The molecular formula is C29H47BrN6S2. The van der Waals surface area contributed by atoms with E-state index >= 15 is 0 Å². The summed E-state index contributed by atoms with van der Waals surface area (Å²) in [6.07, 6.45) is 18.3. The number of nitrogens with zero attached hydrogens (tertiary/aromatic N) is 4. The lowest BCUT2D eigenvalue weighted by Crippen LogP contribution is -2.44. The molecule has 2 aliphatic heterocycles. The Labute approximate surface area is 247 Å². The second-order valence-electron chi connectivity index (χ2n) is 11.2. The number of amidine groups is 2. The van der Waals surface area contributed by atoms with Crippen LogP contribution in [0.1, 0.15) is 71.1 Å². The number of aliphatic imine (C=N–C) groups is 2. The number of allylic oxidation sites excluding steroid dienone is 3. The number of nitrogens with one attached hydrogen (secondary N) is 2. The third-order valence-corrected chi connectivity index (χ3v) is 10.2. The molecular weight excluding hydrogens is 576 g/mol. The van der Waals surface area contributed by atoms with Gasteiger partial charge in [-0.05, 0) is 60.1 Å². The minimum Gasteiger partial charge on any atom is -0.352 e. The van der Waals surface area contributed by atoms with Crippen molar-refractivity contribution in [1.82, 2.24) is 20.4 Å². The second kappa shape index (κ2) is 16.5. The molecule has 38 heavy (non-hydrogen) atoms. The van der Waals surface area contributed by atoms with Gasteiger partial charge in [-0.3, -0.25) is 9.80 Å². The van der Waals surface area contributed by atoms with Gasteiger partial charge in [0.1, 0.15) is 0 Å². The van der Waals surface area contributed by atoms with E-state index in [4.69, 9.17) is 9.98 Å². The van der Waals surface area contributed by atoms with Crippen LogP contribution in [0.4, 0.5) is 0 Å². The molecule has 2 fully saturated rings. The quantitative estimate of drug-likeness (QED) is 0.263. The molecule has 2 saturated carbocycles. The van der Waals surface area contributed by atoms with Crippen LogP contribution in [-0.4, -0.2) is 71.4 Å². The Hall–Kier alpha value is -0.740. The van der Waals surface area contributed by atoms with E-state index in [1.54, 1.807) is 23.5 Å². The molecule has 2 heterocycles. The fraction of sp³-hybridized carbons (Fsp3) is 0.724. The maximum Gasteiger partial charge on any atom is 0.159 e. The van der Waals surface area contributed by atoms with E-state index in [0.29, 0.717) is 0 Å². The van der Waals surface area contributed by atoms with Gasteiger partial charge in [0, 0.05) is 24.6 Å². The van der Waals surface area contributed by atoms with Gasteiger partial charge in [-0.25, -0.2) is 9.98 Å². The third kappa shape index (κ3) is 10.7. The lowest BCUT2D eigenvalue weighted by atomic mass is 9.89. The van der Waals surface area contributed by atoms with Crippen LogP contribution in [-0.2, 0) is 0 Å². The van der Waals surface area contributed by atoms with Crippen LogP contribution >= 0.6 is 39.5 Å². The molecule has 2 aliphatic carbocycles. The van der Waals surface area contributed by atoms with Crippen molar-refractivity contribution in [2.24, 2.45) is 21.8 Å². The summed E-state index contributed by atoms with van der Waals surface area (Å²) in [5.74, 6) is 3.41. The van der Waals surface area contributed by atoms with Crippen molar-refractivity contribution in [2.45, 2.75) is 71.1 Å². The van der Waals surface area contributed by atoms with Crippen molar-refractivity contribution in [3.63, 3.8) is 0 Å². The van der Waals surface area contributed by atoms with Crippen molar-refractivity contribution in [3.05, 3.63) is 34.4 Å². The predicted molar refractivity (Wildman–Crippen MR) is 172 cm³/mol. The SMILES string of the molecule is C=C(CSC1=NCN(CC2CCCCC2)CN1)/C(=C\C=C(/C)Br)CSC1=NCN(CC2CCCCC2)CN1. The molecule has 0 amide bonds. The van der Waals surface area contributed by atoms with Gasteiger partial charge in [0.25, 0.3) is 0 Å². The van der Waals surface area contributed by atoms with E-state index in [0.717, 1.165) is 70.4 Å². The largest absolute Gasteiger partial charge is 0.352 e. The molecule has 4 aliphatic rings. The fourth-order valence-electron chi connectivity index (χ4n) is 5.68. The highest BCUT2D eigenvalue weighted by Crippen LogP contribution is 2.27. The maximum absolute atomic E-state index is 4.85. The van der Waals surface area contributed by atoms with Crippen LogP contribution in [0.15, 0.2) is 44.3 Å². The molecule has 2 N–H and O–H groups in total. The molecule has 9 heteroatoms. The molecule has 0 spiro atoms. The average Bonchev–Trinajstić information content (AvgIpc) is 2.94. The first-order chi connectivity index (χ1) is 18.5. The highest BCUT2D eigenvalue weighted by Gasteiger charge is 2.21. The molecule has 0 aromatic rings. The van der Waals surface area contributed by atoms with Gasteiger partial charge < -0.3 is 10.6 Å². The molecule has 0 atom stereocenters. The second-order valence-corrected chi connectivity index (χ2v) is 14.4. The minimum absolute atomic E-state index is 0.811. The van der Waals surface area contributed by atoms with Gasteiger partial charge >= 0.3 is 0 Å². The summed E-state index contributed by atoms with van der Waals surface area (Å²) in [6, 6.07) is 0. The number of hydrogen-bond acceptors (Lipinski definition) is 8. The molecule has 0 radical (unpaired) electrons. The summed E-state index contributed by atoms with van der Waals surface area (Å²) in [5.41, 5.74) is 2.41. The van der Waals surface area contributed by atoms with Crippen molar-refractivity contribution in [3.8, 4) is 0 Å². The van der Waals surface area contributed by atoms with Gasteiger partial charge in [-0.1, -0.05) is 96.7 Å². The highest BCUT2D eigenvalue weighted by atomic mass is 79.9. The average molecular weight is 624 g/mol. The summed E-state index contributed by atoms with van der Waals surface area (Å²) in [4.78, 5) is 14.6. The Morgan fingerprint density at radius 3 is 1.79 bits per heavy atom. The Balaban J connectivity index is 1.21. The third-order valence-electron chi connectivity index (χ3n) is 7.93. The van der Waals surface area contributed by atoms with Crippen molar-refractivity contribution in [1.29, 1.82) is 0 Å².